The highest BCUT2D eigenvalue weighted by Gasteiger charge is 2.52. The Hall–Kier alpha value is -0.640. The van der Waals surface area contributed by atoms with Crippen LogP contribution in [0.1, 0.15) is 51.4 Å². The highest BCUT2D eigenvalue weighted by Crippen LogP contribution is 2.57. The average Bonchev–Trinajstić information content (AvgIpc) is 3.21. The third-order valence-corrected chi connectivity index (χ3v) is 6.59. The lowest BCUT2D eigenvalue weighted by atomic mass is 9.51. The molecule has 0 radical (unpaired) electrons. The SMILES string of the molecule is NC(=S)CCN(C(=O)C1C2CC3CC(C2)CC1C3)C1CC1. The van der Waals surface area contributed by atoms with Crippen molar-refractivity contribution in [3.05, 3.63) is 0 Å². The molecule has 3 nitrogen and oxygen atoms in total. The largest absolute Gasteiger partial charge is 0.393 e. The Morgan fingerprint density at radius 3 is 2.10 bits per heavy atom. The van der Waals surface area contributed by atoms with Crippen molar-refractivity contribution < 1.29 is 4.79 Å². The molecular weight excluding hydrogens is 280 g/mol. The van der Waals surface area contributed by atoms with E-state index in [9.17, 15) is 4.79 Å². The van der Waals surface area contributed by atoms with Gasteiger partial charge in [-0.25, -0.2) is 0 Å². The smallest absolute Gasteiger partial charge is 0.226 e. The number of carbonyl (C=O) groups is 1. The Bertz CT molecular complexity index is 432. The molecule has 0 atom stereocenters. The summed E-state index contributed by atoms with van der Waals surface area (Å²) in [6.45, 7) is 0.752. The van der Waals surface area contributed by atoms with Gasteiger partial charge in [0, 0.05) is 24.9 Å². The number of thiocarbonyl (C=S) groups is 1. The van der Waals surface area contributed by atoms with Crippen LogP contribution in [0.4, 0.5) is 0 Å². The summed E-state index contributed by atoms with van der Waals surface area (Å²) >= 11 is 5.01. The van der Waals surface area contributed by atoms with E-state index in [0.29, 0.717) is 41.1 Å². The summed E-state index contributed by atoms with van der Waals surface area (Å²) in [5.41, 5.74) is 5.65. The predicted molar refractivity (Wildman–Crippen MR) is 86.7 cm³/mol. The fraction of sp³-hybridized carbons (Fsp3) is 0.882. The van der Waals surface area contributed by atoms with Crippen molar-refractivity contribution in [2.75, 3.05) is 6.54 Å². The molecule has 2 N–H and O–H groups in total. The molecular formula is C17H26N2OS. The number of nitrogens with zero attached hydrogens (tertiary/aromatic N) is 1. The lowest BCUT2D eigenvalue weighted by molar-refractivity contribution is -0.149. The van der Waals surface area contributed by atoms with Crippen molar-refractivity contribution in [1.82, 2.24) is 4.90 Å². The van der Waals surface area contributed by atoms with Crippen LogP contribution in [0.2, 0.25) is 0 Å². The van der Waals surface area contributed by atoms with Crippen molar-refractivity contribution in [2.45, 2.75) is 57.4 Å². The van der Waals surface area contributed by atoms with Crippen LogP contribution in [0.15, 0.2) is 0 Å². The van der Waals surface area contributed by atoms with Crippen LogP contribution in [0.5, 0.6) is 0 Å². The second-order valence-corrected chi connectivity index (χ2v) is 8.46. The maximum absolute atomic E-state index is 13.2. The fourth-order valence-electron chi connectivity index (χ4n) is 5.61. The zero-order valence-corrected chi connectivity index (χ0v) is 13.5. The second-order valence-electron chi connectivity index (χ2n) is 7.94. The molecule has 0 heterocycles. The Kier molecular flexibility index (Phi) is 3.48. The Labute approximate surface area is 132 Å². The van der Waals surface area contributed by atoms with Gasteiger partial charge >= 0.3 is 0 Å². The van der Waals surface area contributed by atoms with Crippen LogP contribution in [0.3, 0.4) is 0 Å². The molecule has 0 aromatic carbocycles. The number of rotatable bonds is 5. The highest BCUT2D eigenvalue weighted by atomic mass is 32.1. The first kappa shape index (κ1) is 14.0. The molecule has 0 unspecified atom stereocenters. The quantitative estimate of drug-likeness (QED) is 0.794. The van der Waals surface area contributed by atoms with Crippen molar-refractivity contribution in [3.8, 4) is 0 Å². The Morgan fingerprint density at radius 1 is 1.05 bits per heavy atom. The van der Waals surface area contributed by atoms with Crippen LogP contribution in [0.25, 0.3) is 0 Å². The Morgan fingerprint density at radius 2 is 1.62 bits per heavy atom. The van der Waals surface area contributed by atoms with Crippen LogP contribution in [-0.2, 0) is 4.79 Å². The molecule has 21 heavy (non-hydrogen) atoms. The minimum atomic E-state index is 0.324. The van der Waals surface area contributed by atoms with E-state index in [0.717, 1.165) is 18.4 Å². The molecule has 0 aromatic heterocycles. The first-order valence-electron chi connectivity index (χ1n) is 8.70. The van der Waals surface area contributed by atoms with Gasteiger partial charge in [-0.3, -0.25) is 4.79 Å². The molecule has 1 amide bonds. The molecule has 5 fully saturated rings. The summed E-state index contributed by atoms with van der Waals surface area (Å²) in [6.07, 6.45) is 9.75. The van der Waals surface area contributed by atoms with Gasteiger partial charge in [0.05, 0.1) is 4.99 Å². The van der Waals surface area contributed by atoms with Crippen molar-refractivity contribution >= 4 is 23.1 Å². The molecule has 5 aliphatic carbocycles. The van der Waals surface area contributed by atoms with Gasteiger partial charge in [-0.15, -0.1) is 0 Å². The molecule has 0 aromatic rings. The van der Waals surface area contributed by atoms with Gasteiger partial charge in [-0.1, -0.05) is 12.2 Å². The van der Waals surface area contributed by atoms with Crippen LogP contribution in [-0.4, -0.2) is 28.4 Å². The predicted octanol–water partition coefficient (Wildman–Crippen LogP) is 2.73. The highest BCUT2D eigenvalue weighted by molar-refractivity contribution is 7.80. The summed E-state index contributed by atoms with van der Waals surface area (Å²) in [4.78, 5) is 15.9. The maximum Gasteiger partial charge on any atom is 0.226 e. The van der Waals surface area contributed by atoms with Gasteiger partial charge in [0.25, 0.3) is 0 Å². The molecule has 4 heteroatoms. The first-order valence-corrected chi connectivity index (χ1v) is 9.11. The third-order valence-electron chi connectivity index (χ3n) is 6.38. The second kappa shape index (κ2) is 5.22. The van der Waals surface area contributed by atoms with E-state index in [1.807, 2.05) is 0 Å². The van der Waals surface area contributed by atoms with E-state index >= 15 is 0 Å². The zero-order chi connectivity index (χ0) is 14.6. The molecule has 0 spiro atoms. The fourth-order valence-corrected chi connectivity index (χ4v) is 5.70. The zero-order valence-electron chi connectivity index (χ0n) is 12.7. The molecule has 5 rings (SSSR count). The van der Waals surface area contributed by atoms with Crippen LogP contribution < -0.4 is 5.73 Å². The standard InChI is InChI=1S/C17H26N2OS/c18-15(21)3-4-19(14-1-2-14)17(20)16-12-6-10-5-11(8-12)9-13(16)7-10/h10-14,16H,1-9H2,(H2,18,21). The van der Waals surface area contributed by atoms with E-state index in [1.165, 1.54) is 44.9 Å². The molecule has 116 valence electrons. The summed E-state index contributed by atoms with van der Waals surface area (Å²) in [6, 6.07) is 0.490. The van der Waals surface area contributed by atoms with E-state index in [2.05, 4.69) is 4.90 Å². The topological polar surface area (TPSA) is 46.3 Å². The number of hydrogen-bond acceptors (Lipinski definition) is 2. The van der Waals surface area contributed by atoms with E-state index in [1.54, 1.807) is 0 Å². The van der Waals surface area contributed by atoms with E-state index in [4.69, 9.17) is 18.0 Å². The summed E-state index contributed by atoms with van der Waals surface area (Å²) in [7, 11) is 0. The summed E-state index contributed by atoms with van der Waals surface area (Å²) < 4.78 is 0. The Balaban J connectivity index is 1.49. The first-order chi connectivity index (χ1) is 10.1. The van der Waals surface area contributed by atoms with E-state index in [-0.39, 0.29) is 0 Å². The van der Waals surface area contributed by atoms with Gasteiger partial charge in [0.1, 0.15) is 0 Å². The monoisotopic (exact) mass is 306 g/mol. The van der Waals surface area contributed by atoms with Crippen LogP contribution in [0, 0.1) is 29.6 Å². The van der Waals surface area contributed by atoms with Crippen molar-refractivity contribution in [3.63, 3.8) is 0 Å². The summed E-state index contributed by atoms with van der Waals surface area (Å²) in [5, 5.41) is 0. The number of hydrogen-bond donors (Lipinski definition) is 1. The van der Waals surface area contributed by atoms with Gasteiger partial charge < -0.3 is 10.6 Å². The van der Waals surface area contributed by atoms with Crippen molar-refractivity contribution in [1.29, 1.82) is 0 Å². The molecule has 0 aliphatic heterocycles. The third kappa shape index (κ3) is 2.60. The van der Waals surface area contributed by atoms with Crippen LogP contribution >= 0.6 is 12.2 Å². The van der Waals surface area contributed by atoms with E-state index < -0.39 is 0 Å². The van der Waals surface area contributed by atoms with Crippen molar-refractivity contribution in [2.24, 2.45) is 35.3 Å². The van der Waals surface area contributed by atoms with Gasteiger partial charge in [-0.05, 0) is 68.6 Å². The average molecular weight is 306 g/mol. The molecule has 0 saturated heterocycles. The summed E-state index contributed by atoms with van der Waals surface area (Å²) in [5.74, 6) is 4.00. The molecule has 4 bridgehead atoms. The lowest BCUT2D eigenvalue weighted by Gasteiger charge is -2.54. The van der Waals surface area contributed by atoms with Gasteiger partial charge in [0.15, 0.2) is 0 Å². The maximum atomic E-state index is 13.2. The molecule has 5 saturated carbocycles. The minimum absolute atomic E-state index is 0.324. The van der Waals surface area contributed by atoms with Gasteiger partial charge in [0.2, 0.25) is 5.91 Å². The van der Waals surface area contributed by atoms with Gasteiger partial charge in [-0.2, -0.15) is 0 Å². The number of amides is 1. The lowest BCUT2D eigenvalue weighted by Crippen LogP contribution is -2.52. The normalized spacial score (nSPS) is 40.3. The molecule has 5 aliphatic rings. The minimum Gasteiger partial charge on any atom is -0.393 e. The number of nitrogens with two attached hydrogens (primary N) is 1. The number of carbonyl (C=O) groups excluding carboxylic acids is 1.